The fourth-order valence-corrected chi connectivity index (χ4v) is 6.95. The smallest absolute Gasteiger partial charge is 0.336 e. The number of carbonyl (C=O) groups is 3. The van der Waals surface area contributed by atoms with Crippen molar-refractivity contribution in [1.82, 2.24) is 20.4 Å². The number of benzene rings is 1. The molecule has 0 bridgehead atoms. The first-order valence-corrected chi connectivity index (χ1v) is 15.5. The third-order valence-electron chi connectivity index (χ3n) is 8.10. The number of carbonyl (C=O) groups excluding carboxylic acids is 3. The van der Waals surface area contributed by atoms with Gasteiger partial charge in [-0.05, 0) is 70.4 Å². The van der Waals surface area contributed by atoms with E-state index in [9.17, 15) is 14.4 Å². The highest BCUT2D eigenvalue weighted by atomic mass is 32.2. The molecule has 2 fully saturated rings. The Morgan fingerprint density at radius 3 is 2.22 bits per heavy atom. The van der Waals surface area contributed by atoms with E-state index in [1.807, 2.05) is 6.07 Å². The molecule has 3 heterocycles. The molecule has 0 spiro atoms. The number of rotatable bonds is 9. The predicted octanol–water partition coefficient (Wildman–Crippen LogP) is 3.29. The summed E-state index contributed by atoms with van der Waals surface area (Å²) in [7, 11) is 2.61. The van der Waals surface area contributed by atoms with Crippen molar-refractivity contribution >= 4 is 35.4 Å². The van der Waals surface area contributed by atoms with E-state index in [2.05, 4.69) is 37.5 Å². The Morgan fingerprint density at radius 2 is 1.61 bits per heavy atom. The fourth-order valence-electron chi connectivity index (χ4n) is 6.01. The number of piperidine rings is 1. The number of hydrogen-bond donors (Lipinski definition) is 3. The molecule has 41 heavy (non-hydrogen) atoms. The van der Waals surface area contributed by atoms with E-state index in [1.165, 1.54) is 51.7 Å². The van der Waals surface area contributed by atoms with Crippen LogP contribution in [0, 0.1) is 0 Å². The number of nitrogens with zero attached hydrogens (tertiary/aromatic N) is 2. The number of methoxy groups -OCH3 is 2. The van der Waals surface area contributed by atoms with Crippen molar-refractivity contribution in [3.63, 3.8) is 0 Å². The van der Waals surface area contributed by atoms with E-state index in [4.69, 9.17) is 9.47 Å². The van der Waals surface area contributed by atoms with Crippen molar-refractivity contribution in [3.05, 3.63) is 52.4 Å². The van der Waals surface area contributed by atoms with Gasteiger partial charge < -0.3 is 30.3 Å². The molecule has 2 amide bonds. The highest BCUT2D eigenvalue weighted by Crippen LogP contribution is 2.39. The number of hydrogen-bond acceptors (Lipinski definition) is 9. The molecule has 0 atom stereocenters. The van der Waals surface area contributed by atoms with Gasteiger partial charge in [0.25, 0.3) is 0 Å². The number of ether oxygens (including phenoxy) is 2. The Bertz CT molecular complexity index is 1130. The summed E-state index contributed by atoms with van der Waals surface area (Å²) in [5.41, 5.74) is 3.05. The van der Waals surface area contributed by atoms with Gasteiger partial charge in [0.05, 0.1) is 31.3 Å². The number of urea groups is 1. The van der Waals surface area contributed by atoms with E-state index < -0.39 is 17.9 Å². The van der Waals surface area contributed by atoms with Gasteiger partial charge in [-0.25, -0.2) is 14.4 Å². The second kappa shape index (κ2) is 14.7. The summed E-state index contributed by atoms with van der Waals surface area (Å²) in [5.74, 6) is 0.720. The molecule has 2 saturated heterocycles. The molecule has 3 aliphatic heterocycles. The molecule has 1 aromatic rings. The van der Waals surface area contributed by atoms with Crippen molar-refractivity contribution in [2.45, 2.75) is 45.1 Å². The highest BCUT2D eigenvalue weighted by Gasteiger charge is 2.37. The van der Waals surface area contributed by atoms with Gasteiger partial charge in [0.15, 0.2) is 0 Å². The zero-order chi connectivity index (χ0) is 29.4. The van der Waals surface area contributed by atoms with Crippen molar-refractivity contribution in [1.29, 1.82) is 0 Å². The van der Waals surface area contributed by atoms with E-state index in [1.54, 1.807) is 32.0 Å². The highest BCUT2D eigenvalue weighted by molar-refractivity contribution is 7.99. The normalized spacial score (nSPS) is 19.5. The third kappa shape index (κ3) is 7.84. The van der Waals surface area contributed by atoms with E-state index in [0.29, 0.717) is 40.3 Å². The zero-order valence-electron chi connectivity index (χ0n) is 24.6. The standard InChI is InChI=1S/C30H43N5O5S/c1-20-25(28(36)39-3)27(26(21(2)32-20)29(37)40-4)22-7-5-8-23(19-22)33-30(38)31-11-6-12-34-13-9-24(10-14-34)35-15-17-41-18-16-35/h5,7-8,19,24,27,32H,6,9-18H2,1-4H3,(H2,31,33,38). The van der Waals surface area contributed by atoms with Crippen LogP contribution in [0.15, 0.2) is 46.8 Å². The van der Waals surface area contributed by atoms with E-state index in [-0.39, 0.29) is 6.03 Å². The Balaban J connectivity index is 1.31. The summed E-state index contributed by atoms with van der Waals surface area (Å²) in [6.45, 7) is 9.76. The molecular formula is C30H43N5O5S. The molecule has 0 aliphatic carbocycles. The molecule has 0 aromatic heterocycles. The lowest BCUT2D eigenvalue weighted by Gasteiger charge is -2.40. The molecule has 10 nitrogen and oxygen atoms in total. The lowest BCUT2D eigenvalue weighted by atomic mass is 9.80. The van der Waals surface area contributed by atoms with Gasteiger partial charge in [-0.15, -0.1) is 0 Å². The molecule has 224 valence electrons. The van der Waals surface area contributed by atoms with E-state index in [0.717, 1.165) is 32.1 Å². The SMILES string of the molecule is COC(=O)C1=C(C)NC(C)=C(C(=O)OC)C1c1cccc(NC(=O)NCCCN2CCC(N3CCSCC3)CC2)c1. The van der Waals surface area contributed by atoms with Crippen molar-refractivity contribution in [2.24, 2.45) is 0 Å². The zero-order valence-corrected chi connectivity index (χ0v) is 25.4. The molecule has 4 rings (SSSR count). The van der Waals surface area contributed by atoms with Crippen LogP contribution in [-0.2, 0) is 19.1 Å². The minimum Gasteiger partial charge on any atom is -0.466 e. The summed E-state index contributed by atoms with van der Waals surface area (Å²) in [6, 6.07) is 7.58. The van der Waals surface area contributed by atoms with Crippen LogP contribution >= 0.6 is 11.8 Å². The molecule has 3 aliphatic rings. The summed E-state index contributed by atoms with van der Waals surface area (Å²) < 4.78 is 10.1. The first-order chi connectivity index (χ1) is 19.8. The number of thioether (sulfide) groups is 1. The van der Waals surface area contributed by atoms with Crippen LogP contribution in [0.3, 0.4) is 0 Å². The molecule has 0 unspecified atom stereocenters. The molecular weight excluding hydrogens is 542 g/mol. The maximum atomic E-state index is 12.8. The van der Waals surface area contributed by atoms with Gasteiger partial charge in [0.2, 0.25) is 0 Å². The first kappa shape index (κ1) is 30.9. The number of likely N-dealkylation sites (tertiary alicyclic amines) is 1. The van der Waals surface area contributed by atoms with Crippen molar-refractivity contribution in [2.75, 3.05) is 70.3 Å². The summed E-state index contributed by atoms with van der Waals surface area (Å²) in [6.07, 6.45) is 3.34. The second-order valence-electron chi connectivity index (χ2n) is 10.7. The fraction of sp³-hybridized carbons (Fsp3) is 0.567. The maximum absolute atomic E-state index is 12.8. The quantitative estimate of drug-likeness (QED) is 0.297. The predicted molar refractivity (Wildman–Crippen MR) is 162 cm³/mol. The topological polar surface area (TPSA) is 112 Å². The summed E-state index contributed by atoms with van der Waals surface area (Å²) in [4.78, 5) is 43.4. The maximum Gasteiger partial charge on any atom is 0.336 e. The average Bonchev–Trinajstić information content (AvgIpc) is 2.99. The molecule has 0 saturated carbocycles. The van der Waals surface area contributed by atoms with Gasteiger partial charge in [0.1, 0.15) is 0 Å². The monoisotopic (exact) mass is 585 g/mol. The number of esters is 2. The molecule has 11 heteroatoms. The van der Waals surface area contributed by atoms with Gasteiger partial charge in [-0.1, -0.05) is 12.1 Å². The minimum atomic E-state index is -0.709. The summed E-state index contributed by atoms with van der Waals surface area (Å²) in [5, 5.41) is 8.94. The number of allylic oxidation sites excluding steroid dienone is 2. The van der Waals surface area contributed by atoms with Crippen LogP contribution < -0.4 is 16.0 Å². The average molecular weight is 586 g/mol. The second-order valence-corrected chi connectivity index (χ2v) is 11.9. The number of dihydropyridines is 1. The summed E-state index contributed by atoms with van der Waals surface area (Å²) >= 11 is 2.06. The number of anilines is 1. The molecule has 3 N–H and O–H groups in total. The van der Waals surface area contributed by atoms with Crippen LogP contribution in [-0.4, -0.2) is 98.8 Å². The van der Waals surface area contributed by atoms with Crippen LogP contribution in [0.5, 0.6) is 0 Å². The van der Waals surface area contributed by atoms with Crippen LogP contribution in [0.2, 0.25) is 0 Å². The van der Waals surface area contributed by atoms with Crippen LogP contribution in [0.4, 0.5) is 10.5 Å². The lowest BCUT2D eigenvalue weighted by Crippen LogP contribution is -2.48. The van der Waals surface area contributed by atoms with E-state index >= 15 is 0 Å². The Labute approximate surface area is 247 Å². The van der Waals surface area contributed by atoms with Crippen molar-refractivity contribution in [3.8, 4) is 0 Å². The number of nitrogens with one attached hydrogen (secondary N) is 3. The largest absolute Gasteiger partial charge is 0.466 e. The van der Waals surface area contributed by atoms with Crippen molar-refractivity contribution < 1.29 is 23.9 Å². The third-order valence-corrected chi connectivity index (χ3v) is 9.05. The Hall–Kier alpha value is -3.02. The van der Waals surface area contributed by atoms with Gasteiger partial charge in [-0.3, -0.25) is 4.90 Å². The molecule has 0 radical (unpaired) electrons. The van der Waals surface area contributed by atoms with Gasteiger partial charge >= 0.3 is 18.0 Å². The van der Waals surface area contributed by atoms with Gasteiger partial charge in [-0.2, -0.15) is 11.8 Å². The Morgan fingerprint density at radius 1 is 0.976 bits per heavy atom. The van der Waals surface area contributed by atoms with Crippen LogP contribution in [0.1, 0.15) is 44.6 Å². The minimum absolute atomic E-state index is 0.297. The number of amides is 2. The Kier molecular flexibility index (Phi) is 11.1. The van der Waals surface area contributed by atoms with Gasteiger partial charge in [0, 0.05) is 54.3 Å². The van der Waals surface area contributed by atoms with Crippen LogP contribution in [0.25, 0.3) is 0 Å². The lowest BCUT2D eigenvalue weighted by molar-refractivity contribution is -0.137. The first-order valence-electron chi connectivity index (χ1n) is 14.4. The molecule has 1 aromatic carbocycles.